The van der Waals surface area contributed by atoms with Crippen molar-refractivity contribution in [2.24, 2.45) is 0 Å². The van der Waals surface area contributed by atoms with Gasteiger partial charge in [0, 0.05) is 0 Å². The quantitative estimate of drug-likeness (QED) is 0.590. The minimum absolute atomic E-state index is 0.182. The van der Waals surface area contributed by atoms with Crippen molar-refractivity contribution in [2.45, 2.75) is 26.7 Å². The van der Waals surface area contributed by atoms with Crippen LogP contribution >= 0.6 is 0 Å². The molecule has 0 aliphatic rings. The van der Waals surface area contributed by atoms with Crippen LogP contribution in [0, 0.1) is 0 Å². The van der Waals surface area contributed by atoms with E-state index in [-0.39, 0.29) is 6.54 Å². The van der Waals surface area contributed by atoms with E-state index in [1.165, 1.54) is 0 Å². The molecule has 0 radical (unpaired) electrons. The van der Waals surface area contributed by atoms with Crippen molar-refractivity contribution < 1.29 is 8.78 Å². The van der Waals surface area contributed by atoms with Gasteiger partial charge in [-0.25, -0.2) is 8.78 Å². The number of halogens is 2. The molecule has 0 aromatic rings. The second-order valence-corrected chi connectivity index (χ2v) is 2.98. The lowest BCUT2D eigenvalue weighted by atomic mass is 10.3. The zero-order chi connectivity index (χ0) is 10.1. The average molecular weight is 194 g/mol. The zero-order valence-electron chi connectivity index (χ0n) is 8.52. The topological polar surface area (TPSA) is 15.3 Å². The van der Waals surface area contributed by atoms with E-state index in [9.17, 15) is 8.78 Å². The molecule has 0 spiro atoms. The lowest BCUT2D eigenvalue weighted by Crippen LogP contribution is -2.28. The maximum absolute atomic E-state index is 11.7. The van der Waals surface area contributed by atoms with Gasteiger partial charge in [0.05, 0.1) is 6.54 Å². The summed E-state index contributed by atoms with van der Waals surface area (Å²) in [7, 11) is 0. The van der Waals surface area contributed by atoms with Crippen molar-refractivity contribution >= 4 is 0 Å². The van der Waals surface area contributed by atoms with Crippen molar-refractivity contribution in [3.8, 4) is 0 Å². The summed E-state index contributed by atoms with van der Waals surface area (Å²) in [5, 5.41) is 2.71. The number of hydrogen-bond acceptors (Lipinski definition) is 2. The molecular formula is C9H20F2N2. The van der Waals surface area contributed by atoms with E-state index in [1.54, 1.807) is 0 Å². The molecule has 4 heteroatoms. The molecule has 1 N–H and O–H groups in total. The number of alkyl halides is 2. The molecule has 0 fully saturated rings. The summed E-state index contributed by atoms with van der Waals surface area (Å²) in [5.41, 5.74) is 0. The molecule has 0 bridgehead atoms. The molecule has 0 unspecified atom stereocenters. The van der Waals surface area contributed by atoms with E-state index in [2.05, 4.69) is 24.1 Å². The molecule has 80 valence electrons. The summed E-state index contributed by atoms with van der Waals surface area (Å²) >= 11 is 0. The van der Waals surface area contributed by atoms with Crippen LogP contribution in [0.2, 0.25) is 0 Å². The summed E-state index contributed by atoms with van der Waals surface area (Å²) in [4.78, 5) is 2.28. The standard InChI is InChI=1S/C9H20F2N2/c1-3-13(4-2)7-5-6-12-8-9(10)11/h9,12H,3-8H2,1-2H3. The van der Waals surface area contributed by atoms with Crippen LogP contribution in [0.3, 0.4) is 0 Å². The number of nitrogens with one attached hydrogen (secondary N) is 1. The molecule has 2 nitrogen and oxygen atoms in total. The average Bonchev–Trinajstić information content (AvgIpc) is 2.11. The van der Waals surface area contributed by atoms with Gasteiger partial charge >= 0.3 is 0 Å². The summed E-state index contributed by atoms with van der Waals surface area (Å²) in [6.07, 6.45) is -1.29. The van der Waals surface area contributed by atoms with Gasteiger partial charge in [0.1, 0.15) is 0 Å². The second-order valence-electron chi connectivity index (χ2n) is 2.98. The van der Waals surface area contributed by atoms with Crippen LogP contribution in [-0.4, -0.2) is 44.0 Å². The first-order chi connectivity index (χ1) is 6.20. The SMILES string of the molecule is CCN(CC)CCCNCC(F)F. The first-order valence-electron chi connectivity index (χ1n) is 4.91. The molecule has 0 aliphatic heterocycles. The predicted octanol–water partition coefficient (Wildman–Crippen LogP) is 1.57. The van der Waals surface area contributed by atoms with Gasteiger partial charge in [0.25, 0.3) is 6.43 Å². The second kappa shape index (κ2) is 8.38. The predicted molar refractivity (Wildman–Crippen MR) is 51.3 cm³/mol. The van der Waals surface area contributed by atoms with Crippen molar-refractivity contribution in [2.75, 3.05) is 32.7 Å². The number of rotatable bonds is 8. The maximum atomic E-state index is 11.7. The Labute approximate surface area is 79.3 Å². The summed E-state index contributed by atoms with van der Waals surface area (Å²) < 4.78 is 23.4. The third-order valence-electron chi connectivity index (χ3n) is 2.02. The molecule has 0 heterocycles. The van der Waals surface area contributed by atoms with Crippen LogP contribution < -0.4 is 5.32 Å². The Kier molecular flexibility index (Phi) is 8.24. The Balaban J connectivity index is 3.14. The van der Waals surface area contributed by atoms with Gasteiger partial charge in [-0.2, -0.15) is 0 Å². The van der Waals surface area contributed by atoms with Crippen LogP contribution in [0.25, 0.3) is 0 Å². The summed E-state index contributed by atoms with van der Waals surface area (Å²) in [6, 6.07) is 0. The van der Waals surface area contributed by atoms with Crippen molar-refractivity contribution in [1.82, 2.24) is 10.2 Å². The minimum Gasteiger partial charge on any atom is -0.311 e. The van der Waals surface area contributed by atoms with Gasteiger partial charge < -0.3 is 10.2 Å². The fourth-order valence-electron chi connectivity index (χ4n) is 1.18. The lowest BCUT2D eigenvalue weighted by Gasteiger charge is -2.17. The van der Waals surface area contributed by atoms with Gasteiger partial charge in [-0.3, -0.25) is 0 Å². The van der Waals surface area contributed by atoms with Crippen LogP contribution in [0.5, 0.6) is 0 Å². The molecule has 0 saturated carbocycles. The zero-order valence-corrected chi connectivity index (χ0v) is 8.52. The Morgan fingerprint density at radius 1 is 1.23 bits per heavy atom. The van der Waals surface area contributed by atoms with Gasteiger partial charge in [0.2, 0.25) is 0 Å². The molecular weight excluding hydrogens is 174 g/mol. The Bertz CT molecular complexity index is 106. The van der Waals surface area contributed by atoms with E-state index in [1.807, 2.05) is 0 Å². The van der Waals surface area contributed by atoms with Gasteiger partial charge in [-0.1, -0.05) is 13.8 Å². The van der Waals surface area contributed by atoms with E-state index in [0.717, 1.165) is 26.1 Å². The first kappa shape index (κ1) is 12.8. The van der Waals surface area contributed by atoms with E-state index < -0.39 is 6.43 Å². The molecule has 0 atom stereocenters. The normalized spacial score (nSPS) is 11.5. The molecule has 0 aromatic heterocycles. The molecule has 0 aliphatic carbocycles. The molecule has 0 amide bonds. The largest absolute Gasteiger partial charge is 0.311 e. The van der Waals surface area contributed by atoms with E-state index in [4.69, 9.17) is 0 Å². The Hall–Kier alpha value is -0.220. The van der Waals surface area contributed by atoms with Crippen LogP contribution in [0.4, 0.5) is 8.78 Å². The highest BCUT2D eigenvalue weighted by molar-refractivity contribution is 4.55. The van der Waals surface area contributed by atoms with Gasteiger partial charge in [-0.15, -0.1) is 0 Å². The third kappa shape index (κ3) is 8.12. The van der Waals surface area contributed by atoms with Gasteiger partial charge in [-0.05, 0) is 32.6 Å². The Morgan fingerprint density at radius 3 is 2.31 bits per heavy atom. The molecule has 13 heavy (non-hydrogen) atoms. The van der Waals surface area contributed by atoms with Crippen molar-refractivity contribution in [3.63, 3.8) is 0 Å². The van der Waals surface area contributed by atoms with Crippen LogP contribution in [-0.2, 0) is 0 Å². The summed E-state index contributed by atoms with van der Waals surface area (Å²) in [5.74, 6) is 0. The maximum Gasteiger partial charge on any atom is 0.250 e. The van der Waals surface area contributed by atoms with Crippen LogP contribution in [0.15, 0.2) is 0 Å². The number of nitrogens with zero attached hydrogens (tertiary/aromatic N) is 1. The third-order valence-corrected chi connectivity index (χ3v) is 2.02. The van der Waals surface area contributed by atoms with E-state index >= 15 is 0 Å². The minimum atomic E-state index is -2.23. The summed E-state index contributed by atoms with van der Waals surface area (Å²) in [6.45, 7) is 7.77. The lowest BCUT2D eigenvalue weighted by molar-refractivity contribution is 0.145. The molecule has 0 saturated heterocycles. The van der Waals surface area contributed by atoms with Crippen LogP contribution in [0.1, 0.15) is 20.3 Å². The highest BCUT2D eigenvalue weighted by Crippen LogP contribution is 1.91. The van der Waals surface area contributed by atoms with Crippen molar-refractivity contribution in [1.29, 1.82) is 0 Å². The smallest absolute Gasteiger partial charge is 0.250 e. The number of hydrogen-bond donors (Lipinski definition) is 1. The fourth-order valence-corrected chi connectivity index (χ4v) is 1.18. The van der Waals surface area contributed by atoms with E-state index in [0.29, 0.717) is 6.54 Å². The van der Waals surface area contributed by atoms with Gasteiger partial charge in [0.15, 0.2) is 0 Å². The molecule has 0 rings (SSSR count). The first-order valence-corrected chi connectivity index (χ1v) is 4.91. The molecule has 0 aromatic carbocycles. The van der Waals surface area contributed by atoms with Crippen molar-refractivity contribution in [3.05, 3.63) is 0 Å². The highest BCUT2D eigenvalue weighted by Gasteiger charge is 2.01. The highest BCUT2D eigenvalue weighted by atomic mass is 19.3. The Morgan fingerprint density at radius 2 is 1.85 bits per heavy atom. The monoisotopic (exact) mass is 194 g/mol. The fraction of sp³-hybridized carbons (Fsp3) is 1.00.